The van der Waals surface area contributed by atoms with Crippen LogP contribution in [0.25, 0.3) is 0 Å². The second kappa shape index (κ2) is 5.90. The van der Waals surface area contributed by atoms with Crippen LogP contribution in [-0.2, 0) is 14.3 Å². The Hall–Kier alpha value is -1.10. The third-order valence-electron chi connectivity index (χ3n) is 4.51. The van der Waals surface area contributed by atoms with Crippen LogP contribution in [0.3, 0.4) is 0 Å². The van der Waals surface area contributed by atoms with Crippen LogP contribution in [-0.4, -0.2) is 36.2 Å². The quantitative estimate of drug-likeness (QED) is 0.812. The molecule has 5 nitrogen and oxygen atoms in total. The Morgan fingerprint density at radius 2 is 2.00 bits per heavy atom. The number of carbonyl (C=O) groups excluding carboxylic acids is 1. The summed E-state index contributed by atoms with van der Waals surface area (Å²) in [6.45, 7) is 3.00. The smallest absolute Gasteiger partial charge is 0.311 e. The number of hydrogen-bond donors (Lipinski definition) is 2. The lowest BCUT2D eigenvalue weighted by atomic mass is 9.71. The number of aliphatic carboxylic acids is 1. The van der Waals surface area contributed by atoms with Gasteiger partial charge >= 0.3 is 5.97 Å². The fraction of sp³-hybridized carbons (Fsp3) is 0.857. The first-order valence-corrected chi connectivity index (χ1v) is 7.16. The van der Waals surface area contributed by atoms with Gasteiger partial charge in [-0.05, 0) is 44.4 Å². The van der Waals surface area contributed by atoms with Gasteiger partial charge in [-0.2, -0.15) is 0 Å². The second-order valence-electron chi connectivity index (χ2n) is 5.99. The van der Waals surface area contributed by atoms with Gasteiger partial charge in [0.25, 0.3) is 0 Å². The van der Waals surface area contributed by atoms with Crippen molar-refractivity contribution in [2.45, 2.75) is 51.6 Å². The molecule has 1 saturated carbocycles. The van der Waals surface area contributed by atoms with Gasteiger partial charge in [-0.15, -0.1) is 0 Å². The Kier molecular flexibility index (Phi) is 4.45. The molecule has 0 aromatic rings. The zero-order valence-corrected chi connectivity index (χ0v) is 11.5. The van der Waals surface area contributed by atoms with Gasteiger partial charge in [-0.3, -0.25) is 9.59 Å². The minimum Gasteiger partial charge on any atom is -0.481 e. The van der Waals surface area contributed by atoms with Crippen molar-refractivity contribution in [3.63, 3.8) is 0 Å². The highest BCUT2D eigenvalue weighted by Gasteiger charge is 2.41. The maximum absolute atomic E-state index is 11.9. The number of nitrogens with one attached hydrogen (secondary N) is 1. The van der Waals surface area contributed by atoms with E-state index in [2.05, 4.69) is 12.2 Å². The molecule has 1 aliphatic heterocycles. The molecule has 0 spiro atoms. The predicted octanol–water partition coefficient (Wildman–Crippen LogP) is 1.56. The van der Waals surface area contributed by atoms with Crippen molar-refractivity contribution in [1.82, 2.24) is 5.32 Å². The van der Waals surface area contributed by atoms with E-state index in [0.29, 0.717) is 25.4 Å². The molecule has 19 heavy (non-hydrogen) atoms. The number of ether oxygens (including phenoxy) is 1. The summed E-state index contributed by atoms with van der Waals surface area (Å²) < 4.78 is 5.31. The standard InChI is InChI=1S/C14H23NO4/c1-10-4-6-14(7-5-10,13(17)18)9-15-12(16)11-3-2-8-19-11/h10-11H,2-9H2,1H3,(H,15,16)(H,17,18)/t10?,11-,14?/m0/s1. The lowest BCUT2D eigenvalue weighted by molar-refractivity contribution is -0.151. The van der Waals surface area contributed by atoms with Crippen molar-refractivity contribution < 1.29 is 19.4 Å². The van der Waals surface area contributed by atoms with Crippen LogP contribution < -0.4 is 5.32 Å². The molecule has 2 aliphatic rings. The normalized spacial score (nSPS) is 35.0. The first-order chi connectivity index (χ1) is 9.03. The molecule has 1 aliphatic carbocycles. The number of carboxylic acids is 1. The highest BCUT2D eigenvalue weighted by atomic mass is 16.5. The molecule has 108 valence electrons. The van der Waals surface area contributed by atoms with E-state index >= 15 is 0 Å². The molecular weight excluding hydrogens is 246 g/mol. The number of amides is 1. The molecule has 2 fully saturated rings. The van der Waals surface area contributed by atoms with Gasteiger partial charge in [0.15, 0.2) is 0 Å². The number of carbonyl (C=O) groups is 2. The Balaban J connectivity index is 1.90. The fourth-order valence-corrected chi connectivity index (χ4v) is 2.94. The van der Waals surface area contributed by atoms with Crippen molar-refractivity contribution in [3.8, 4) is 0 Å². The van der Waals surface area contributed by atoms with Gasteiger partial charge in [0, 0.05) is 13.2 Å². The third-order valence-corrected chi connectivity index (χ3v) is 4.51. The molecule has 0 unspecified atom stereocenters. The van der Waals surface area contributed by atoms with E-state index in [1.165, 1.54) is 0 Å². The van der Waals surface area contributed by atoms with Gasteiger partial charge in [0.2, 0.25) is 5.91 Å². The molecule has 5 heteroatoms. The molecule has 1 amide bonds. The minimum absolute atomic E-state index is 0.156. The molecule has 0 aromatic heterocycles. The van der Waals surface area contributed by atoms with Crippen LogP contribution in [0.15, 0.2) is 0 Å². The Morgan fingerprint density at radius 3 is 2.53 bits per heavy atom. The average Bonchev–Trinajstić information content (AvgIpc) is 2.92. The maximum atomic E-state index is 11.9. The summed E-state index contributed by atoms with van der Waals surface area (Å²) in [5.74, 6) is -0.356. The van der Waals surface area contributed by atoms with Crippen molar-refractivity contribution in [2.24, 2.45) is 11.3 Å². The zero-order chi connectivity index (χ0) is 13.9. The minimum atomic E-state index is -0.785. The van der Waals surface area contributed by atoms with Gasteiger partial charge in [-0.25, -0.2) is 0 Å². The van der Waals surface area contributed by atoms with Crippen LogP contribution in [0.5, 0.6) is 0 Å². The second-order valence-corrected chi connectivity index (χ2v) is 5.99. The topological polar surface area (TPSA) is 75.6 Å². The Bertz CT molecular complexity index is 341. The van der Waals surface area contributed by atoms with E-state index in [1.807, 2.05) is 0 Å². The Labute approximate surface area is 113 Å². The van der Waals surface area contributed by atoms with Gasteiger partial charge in [0.1, 0.15) is 6.10 Å². The molecule has 0 radical (unpaired) electrons. The highest BCUT2D eigenvalue weighted by Crippen LogP contribution is 2.38. The number of rotatable bonds is 4. The predicted molar refractivity (Wildman–Crippen MR) is 69.7 cm³/mol. The zero-order valence-electron chi connectivity index (χ0n) is 11.5. The lowest BCUT2D eigenvalue weighted by Crippen LogP contribution is -2.47. The molecule has 1 saturated heterocycles. The van der Waals surface area contributed by atoms with E-state index in [1.54, 1.807) is 0 Å². The largest absolute Gasteiger partial charge is 0.481 e. The van der Waals surface area contributed by atoms with Crippen molar-refractivity contribution in [2.75, 3.05) is 13.2 Å². The monoisotopic (exact) mass is 269 g/mol. The van der Waals surface area contributed by atoms with Crippen LogP contribution in [0.1, 0.15) is 45.4 Å². The SMILES string of the molecule is CC1CCC(CNC(=O)[C@@H]2CCCO2)(C(=O)O)CC1. The summed E-state index contributed by atoms with van der Waals surface area (Å²) in [6.07, 6.45) is 4.39. The van der Waals surface area contributed by atoms with E-state index < -0.39 is 11.4 Å². The van der Waals surface area contributed by atoms with Crippen LogP contribution >= 0.6 is 0 Å². The Morgan fingerprint density at radius 1 is 1.32 bits per heavy atom. The van der Waals surface area contributed by atoms with Crippen molar-refractivity contribution >= 4 is 11.9 Å². The third kappa shape index (κ3) is 3.26. The summed E-state index contributed by atoms with van der Waals surface area (Å²) in [4.78, 5) is 23.4. The molecule has 0 aromatic carbocycles. The highest BCUT2D eigenvalue weighted by molar-refractivity contribution is 5.82. The molecule has 1 atom stereocenters. The number of hydrogen-bond acceptors (Lipinski definition) is 3. The summed E-state index contributed by atoms with van der Waals surface area (Å²) in [6, 6.07) is 0. The van der Waals surface area contributed by atoms with E-state index in [0.717, 1.165) is 25.7 Å². The molecule has 1 heterocycles. The summed E-state index contributed by atoms with van der Waals surface area (Å²) in [5.41, 5.74) is -0.777. The van der Waals surface area contributed by atoms with Crippen LogP contribution in [0, 0.1) is 11.3 Å². The molecule has 2 N–H and O–H groups in total. The van der Waals surface area contributed by atoms with Crippen LogP contribution in [0.4, 0.5) is 0 Å². The first kappa shape index (κ1) is 14.3. The van der Waals surface area contributed by atoms with E-state index in [4.69, 9.17) is 4.74 Å². The number of carboxylic acid groups (broad SMARTS) is 1. The van der Waals surface area contributed by atoms with Gasteiger partial charge < -0.3 is 15.2 Å². The van der Waals surface area contributed by atoms with Crippen molar-refractivity contribution in [3.05, 3.63) is 0 Å². The summed E-state index contributed by atoms with van der Waals surface area (Å²) in [5, 5.41) is 12.3. The van der Waals surface area contributed by atoms with E-state index in [9.17, 15) is 14.7 Å². The summed E-state index contributed by atoms with van der Waals surface area (Å²) >= 11 is 0. The first-order valence-electron chi connectivity index (χ1n) is 7.16. The average molecular weight is 269 g/mol. The molecule has 0 bridgehead atoms. The fourth-order valence-electron chi connectivity index (χ4n) is 2.94. The molecule has 2 rings (SSSR count). The lowest BCUT2D eigenvalue weighted by Gasteiger charge is -2.36. The molecular formula is C14H23NO4. The van der Waals surface area contributed by atoms with E-state index in [-0.39, 0.29) is 18.6 Å². The maximum Gasteiger partial charge on any atom is 0.311 e. The van der Waals surface area contributed by atoms with Crippen molar-refractivity contribution in [1.29, 1.82) is 0 Å². The van der Waals surface area contributed by atoms with Gasteiger partial charge in [-0.1, -0.05) is 6.92 Å². The van der Waals surface area contributed by atoms with Crippen LogP contribution in [0.2, 0.25) is 0 Å². The van der Waals surface area contributed by atoms with Gasteiger partial charge in [0.05, 0.1) is 5.41 Å². The summed E-state index contributed by atoms with van der Waals surface area (Å²) in [7, 11) is 0.